The SMILES string of the molecule is O=C1CCCC(=O)C1C(=O)c1ccc(CS(=O)[O-])c(COCC(F)(F)F)c1Cl. The molecule has 6 nitrogen and oxygen atoms in total. The largest absolute Gasteiger partial charge is 0.772 e. The molecule has 0 amide bonds. The first kappa shape index (κ1) is 22.7. The highest BCUT2D eigenvalue weighted by molar-refractivity contribution is 7.78. The maximum absolute atomic E-state index is 12.7. The van der Waals surface area contributed by atoms with Gasteiger partial charge in [0.25, 0.3) is 0 Å². The van der Waals surface area contributed by atoms with Gasteiger partial charge in [-0.2, -0.15) is 13.2 Å². The van der Waals surface area contributed by atoms with E-state index in [2.05, 4.69) is 4.74 Å². The fraction of sp³-hybridized carbons (Fsp3) is 0.471. The lowest BCUT2D eigenvalue weighted by molar-refractivity contribution is -0.176. The molecule has 154 valence electrons. The van der Waals surface area contributed by atoms with Crippen LogP contribution in [0.4, 0.5) is 13.2 Å². The van der Waals surface area contributed by atoms with Crippen molar-refractivity contribution in [3.05, 3.63) is 33.8 Å². The first-order chi connectivity index (χ1) is 13.0. The molecule has 0 radical (unpaired) electrons. The topological polar surface area (TPSA) is 101 Å². The van der Waals surface area contributed by atoms with Crippen molar-refractivity contribution in [2.45, 2.75) is 37.8 Å². The molecular weight excluding hydrogens is 425 g/mol. The van der Waals surface area contributed by atoms with Crippen molar-refractivity contribution in [1.82, 2.24) is 0 Å². The summed E-state index contributed by atoms with van der Waals surface area (Å²) < 4.78 is 63.5. The molecule has 2 rings (SSSR count). The maximum Gasteiger partial charge on any atom is 0.411 e. The molecule has 1 saturated carbocycles. The second kappa shape index (κ2) is 9.25. The molecule has 1 aromatic rings. The zero-order valence-electron chi connectivity index (χ0n) is 14.3. The summed E-state index contributed by atoms with van der Waals surface area (Å²) in [5, 5.41) is -0.332. The van der Waals surface area contributed by atoms with Crippen LogP contribution in [-0.4, -0.2) is 38.9 Å². The van der Waals surface area contributed by atoms with Gasteiger partial charge in [0.05, 0.1) is 11.6 Å². The lowest BCUT2D eigenvalue weighted by atomic mass is 9.81. The Labute approximate surface area is 165 Å². The highest BCUT2D eigenvalue weighted by Gasteiger charge is 2.37. The molecule has 0 spiro atoms. The number of alkyl halides is 3. The fourth-order valence-electron chi connectivity index (χ4n) is 2.89. The molecule has 1 aromatic carbocycles. The van der Waals surface area contributed by atoms with E-state index in [1.54, 1.807) is 0 Å². The van der Waals surface area contributed by atoms with Gasteiger partial charge < -0.3 is 9.29 Å². The molecule has 0 aromatic heterocycles. The van der Waals surface area contributed by atoms with Crippen LogP contribution in [0.3, 0.4) is 0 Å². The van der Waals surface area contributed by atoms with E-state index in [1.807, 2.05) is 0 Å². The molecule has 0 aliphatic heterocycles. The number of carbonyl (C=O) groups excluding carboxylic acids is 3. The van der Waals surface area contributed by atoms with Crippen molar-refractivity contribution < 1.29 is 41.1 Å². The molecule has 11 heteroatoms. The highest BCUT2D eigenvalue weighted by Crippen LogP contribution is 2.31. The molecule has 1 atom stereocenters. The summed E-state index contributed by atoms with van der Waals surface area (Å²) in [7, 11) is 0. The zero-order valence-corrected chi connectivity index (χ0v) is 15.9. The Hall–Kier alpha value is -1.62. The molecule has 1 fully saturated rings. The maximum atomic E-state index is 12.7. The number of halogens is 4. The standard InChI is InChI=1S/C17H16ClF3O6S/c18-15-10(16(24)14-12(22)2-1-3-13(14)23)5-4-9(7-28(25)26)11(15)6-27-8-17(19,20)21/h4-5,14H,1-3,6-8H2,(H,25,26)/p-1. The first-order valence-corrected chi connectivity index (χ1v) is 9.73. The summed E-state index contributed by atoms with van der Waals surface area (Å²) in [5.41, 5.74) is -0.295. The number of carbonyl (C=O) groups is 3. The van der Waals surface area contributed by atoms with Gasteiger partial charge in [0, 0.05) is 29.7 Å². The number of Topliss-reactive ketones (excluding diaryl/α,β-unsaturated/α-hetero) is 3. The summed E-state index contributed by atoms with van der Waals surface area (Å²) in [6.45, 7) is -2.29. The summed E-state index contributed by atoms with van der Waals surface area (Å²) in [4.78, 5) is 36.7. The zero-order chi connectivity index (χ0) is 21.1. The van der Waals surface area contributed by atoms with Crippen molar-refractivity contribution in [3.63, 3.8) is 0 Å². The van der Waals surface area contributed by atoms with Gasteiger partial charge in [-0.15, -0.1) is 0 Å². The van der Waals surface area contributed by atoms with Crippen molar-refractivity contribution in [2.24, 2.45) is 5.92 Å². The Balaban J connectivity index is 2.38. The molecular formula is C17H15ClF3O6S-. The van der Waals surface area contributed by atoms with Gasteiger partial charge in [-0.05, 0) is 18.1 Å². The van der Waals surface area contributed by atoms with E-state index in [4.69, 9.17) is 11.6 Å². The quantitative estimate of drug-likeness (QED) is 0.368. The number of hydrogen-bond donors (Lipinski definition) is 0. The third-order valence-corrected chi connectivity index (χ3v) is 5.12. The number of rotatable bonds is 7. The molecule has 28 heavy (non-hydrogen) atoms. The monoisotopic (exact) mass is 439 g/mol. The summed E-state index contributed by atoms with van der Waals surface area (Å²) in [5.74, 6) is -4.00. The van der Waals surface area contributed by atoms with Gasteiger partial charge in [0.1, 0.15) is 12.5 Å². The molecule has 0 N–H and O–H groups in total. The van der Waals surface area contributed by atoms with Crippen molar-refractivity contribution in [1.29, 1.82) is 0 Å². The Kier molecular flexibility index (Phi) is 7.49. The summed E-state index contributed by atoms with van der Waals surface area (Å²) in [6.07, 6.45) is -4.13. The van der Waals surface area contributed by atoms with E-state index in [-0.39, 0.29) is 34.6 Å². The van der Waals surface area contributed by atoms with Crippen LogP contribution in [0.15, 0.2) is 12.1 Å². The minimum Gasteiger partial charge on any atom is -0.772 e. The molecule has 1 aliphatic rings. The normalized spacial score (nSPS) is 17.0. The van der Waals surface area contributed by atoms with Gasteiger partial charge in [-0.1, -0.05) is 28.7 Å². The van der Waals surface area contributed by atoms with E-state index in [0.717, 1.165) is 6.07 Å². The van der Waals surface area contributed by atoms with Crippen LogP contribution in [0.25, 0.3) is 0 Å². The predicted molar refractivity (Wildman–Crippen MR) is 91.5 cm³/mol. The van der Waals surface area contributed by atoms with Crippen molar-refractivity contribution in [3.8, 4) is 0 Å². The van der Waals surface area contributed by atoms with E-state index in [9.17, 15) is 36.3 Å². The van der Waals surface area contributed by atoms with Crippen LogP contribution in [0.1, 0.15) is 40.7 Å². The van der Waals surface area contributed by atoms with Gasteiger partial charge in [-0.25, -0.2) is 0 Å². The molecule has 1 unspecified atom stereocenters. The number of benzene rings is 1. The average Bonchev–Trinajstić information content (AvgIpc) is 2.55. The van der Waals surface area contributed by atoms with Gasteiger partial charge in [-0.3, -0.25) is 18.6 Å². The van der Waals surface area contributed by atoms with Gasteiger partial charge >= 0.3 is 6.18 Å². The number of ketones is 3. The van der Waals surface area contributed by atoms with Crippen LogP contribution in [-0.2, 0) is 37.8 Å². The van der Waals surface area contributed by atoms with Crippen LogP contribution < -0.4 is 0 Å². The fourth-order valence-corrected chi connectivity index (χ4v) is 3.75. The van der Waals surface area contributed by atoms with E-state index in [0.29, 0.717) is 6.42 Å². The molecule has 0 heterocycles. The smallest absolute Gasteiger partial charge is 0.411 e. The van der Waals surface area contributed by atoms with Gasteiger partial charge in [0.15, 0.2) is 17.3 Å². The van der Waals surface area contributed by atoms with E-state index in [1.165, 1.54) is 6.07 Å². The highest BCUT2D eigenvalue weighted by atomic mass is 35.5. The van der Waals surface area contributed by atoms with E-state index >= 15 is 0 Å². The molecule has 1 aliphatic carbocycles. The predicted octanol–water partition coefficient (Wildman–Crippen LogP) is 2.92. The molecule has 0 saturated heterocycles. The van der Waals surface area contributed by atoms with Gasteiger partial charge in [0.2, 0.25) is 0 Å². The third kappa shape index (κ3) is 5.69. The lowest BCUT2D eigenvalue weighted by Gasteiger charge is -2.21. The summed E-state index contributed by atoms with van der Waals surface area (Å²) >= 11 is 3.58. The Bertz CT molecular complexity index is 808. The minimum atomic E-state index is -4.61. The molecule has 0 bridgehead atoms. The van der Waals surface area contributed by atoms with Crippen LogP contribution >= 0.6 is 11.6 Å². The second-order valence-electron chi connectivity index (χ2n) is 6.20. The van der Waals surface area contributed by atoms with Crippen LogP contribution in [0.5, 0.6) is 0 Å². The van der Waals surface area contributed by atoms with Crippen LogP contribution in [0, 0.1) is 5.92 Å². The van der Waals surface area contributed by atoms with E-state index < -0.39 is 59.5 Å². The lowest BCUT2D eigenvalue weighted by Crippen LogP contribution is -2.35. The van der Waals surface area contributed by atoms with Crippen LogP contribution in [0.2, 0.25) is 5.02 Å². The third-order valence-electron chi connectivity index (χ3n) is 4.14. The van der Waals surface area contributed by atoms with Crippen molar-refractivity contribution >= 4 is 40.0 Å². The van der Waals surface area contributed by atoms with Crippen molar-refractivity contribution in [2.75, 3.05) is 6.61 Å². The Morgan fingerprint density at radius 1 is 1.25 bits per heavy atom. The number of hydrogen-bond acceptors (Lipinski definition) is 6. The summed E-state index contributed by atoms with van der Waals surface area (Å²) in [6, 6.07) is 2.37. The Morgan fingerprint density at radius 3 is 2.39 bits per heavy atom. The number of ether oxygens (including phenoxy) is 1. The average molecular weight is 440 g/mol. The second-order valence-corrected chi connectivity index (χ2v) is 7.48. The Morgan fingerprint density at radius 2 is 1.86 bits per heavy atom. The minimum absolute atomic E-state index is 0.0540. The first-order valence-electron chi connectivity index (χ1n) is 8.11.